The van der Waals surface area contributed by atoms with Crippen LogP contribution in [0.4, 0.5) is 0 Å². The van der Waals surface area contributed by atoms with Gasteiger partial charge in [0.2, 0.25) is 0 Å². The number of aromatic amines is 1. The highest BCUT2D eigenvalue weighted by Crippen LogP contribution is 2.29. The van der Waals surface area contributed by atoms with Crippen LogP contribution in [0.25, 0.3) is 21.9 Å². The van der Waals surface area contributed by atoms with Gasteiger partial charge in [-0.3, -0.25) is 4.79 Å². The second kappa shape index (κ2) is 8.58. The molecule has 1 amide bonds. The van der Waals surface area contributed by atoms with Gasteiger partial charge < -0.3 is 29.7 Å². The molecule has 1 aliphatic rings. The zero-order valence-electron chi connectivity index (χ0n) is 18.1. The van der Waals surface area contributed by atoms with E-state index in [0.717, 1.165) is 41.3 Å². The number of hydrogen-bond acceptors (Lipinski definition) is 6. The molecule has 9 nitrogen and oxygen atoms in total. The summed E-state index contributed by atoms with van der Waals surface area (Å²) >= 11 is 0. The summed E-state index contributed by atoms with van der Waals surface area (Å²) in [5.74, 6) is -1.40. The molecule has 0 saturated heterocycles. The van der Waals surface area contributed by atoms with Crippen molar-refractivity contribution in [1.29, 1.82) is 0 Å². The standard InChI is InChI=1S/C25H22N2O7/c28-14-4-7-20-19(9-14)13(11-26-20)8-21(24(30)31)27-23(29)12-33-15-5-6-17-16-2-1-3-18(16)25(32)34-22(17)10-15/h4-7,9-11,21,26,28H,1-3,8,12H2,(H,27,29)(H,30,31)/t21-/m0/s1. The van der Waals surface area contributed by atoms with Crippen LogP contribution in [0.1, 0.15) is 23.1 Å². The lowest BCUT2D eigenvalue weighted by molar-refractivity contribution is -0.142. The Morgan fingerprint density at radius 1 is 1.12 bits per heavy atom. The van der Waals surface area contributed by atoms with Crippen LogP contribution in [-0.4, -0.2) is 39.7 Å². The Hall–Kier alpha value is -4.27. The molecule has 0 radical (unpaired) electrons. The molecule has 0 unspecified atom stereocenters. The van der Waals surface area contributed by atoms with Crippen molar-refractivity contribution in [3.8, 4) is 11.5 Å². The quantitative estimate of drug-likeness (QED) is 0.309. The number of fused-ring (bicyclic) bond motifs is 4. The molecular formula is C25H22N2O7. The number of carbonyl (C=O) groups is 2. The number of nitrogens with one attached hydrogen (secondary N) is 2. The van der Waals surface area contributed by atoms with Crippen molar-refractivity contribution in [2.24, 2.45) is 0 Å². The van der Waals surface area contributed by atoms with E-state index in [0.29, 0.717) is 22.3 Å². The Balaban J connectivity index is 1.26. The molecule has 2 aromatic heterocycles. The number of aromatic nitrogens is 1. The number of carboxylic acid groups (broad SMARTS) is 1. The first-order valence-electron chi connectivity index (χ1n) is 10.9. The maximum absolute atomic E-state index is 12.4. The smallest absolute Gasteiger partial charge is 0.339 e. The second-order valence-electron chi connectivity index (χ2n) is 8.35. The van der Waals surface area contributed by atoms with E-state index in [1.807, 2.05) is 6.07 Å². The monoisotopic (exact) mass is 462 g/mol. The van der Waals surface area contributed by atoms with E-state index in [2.05, 4.69) is 10.3 Å². The zero-order valence-corrected chi connectivity index (χ0v) is 18.1. The van der Waals surface area contributed by atoms with Gasteiger partial charge in [0.15, 0.2) is 6.61 Å². The van der Waals surface area contributed by atoms with Gasteiger partial charge in [0.1, 0.15) is 23.1 Å². The maximum atomic E-state index is 12.4. The number of aromatic hydroxyl groups is 1. The fourth-order valence-corrected chi connectivity index (χ4v) is 4.49. The SMILES string of the molecule is O=C(COc1ccc2c3c(c(=O)oc2c1)CCC3)N[C@@H](Cc1c[nH]c2ccc(O)cc12)C(=O)O. The number of carboxylic acids is 1. The van der Waals surface area contributed by atoms with E-state index < -0.39 is 24.5 Å². The molecule has 2 aromatic carbocycles. The topological polar surface area (TPSA) is 142 Å². The molecule has 1 aliphatic carbocycles. The van der Waals surface area contributed by atoms with Crippen LogP contribution in [-0.2, 0) is 28.9 Å². The van der Waals surface area contributed by atoms with E-state index in [1.54, 1.807) is 30.5 Å². The summed E-state index contributed by atoms with van der Waals surface area (Å²) < 4.78 is 10.9. The van der Waals surface area contributed by atoms with Crippen molar-refractivity contribution >= 4 is 33.7 Å². The summed E-state index contributed by atoms with van der Waals surface area (Å²) in [6.45, 7) is -0.404. The second-order valence-corrected chi connectivity index (χ2v) is 8.35. The van der Waals surface area contributed by atoms with Gasteiger partial charge in [0.25, 0.3) is 5.91 Å². The normalized spacial score (nSPS) is 13.6. The van der Waals surface area contributed by atoms with Gasteiger partial charge in [-0.05, 0) is 60.7 Å². The number of H-pyrrole nitrogens is 1. The highest BCUT2D eigenvalue weighted by Gasteiger charge is 2.23. The van der Waals surface area contributed by atoms with Gasteiger partial charge in [-0.1, -0.05) is 0 Å². The first-order chi connectivity index (χ1) is 16.4. The number of phenols is 1. The predicted molar refractivity (Wildman–Crippen MR) is 123 cm³/mol. The van der Waals surface area contributed by atoms with E-state index >= 15 is 0 Å². The zero-order chi connectivity index (χ0) is 23.8. The molecule has 0 spiro atoms. The third-order valence-electron chi connectivity index (χ3n) is 6.12. The highest BCUT2D eigenvalue weighted by molar-refractivity contribution is 5.88. The molecule has 0 saturated carbocycles. The van der Waals surface area contributed by atoms with Gasteiger partial charge in [-0.2, -0.15) is 0 Å². The van der Waals surface area contributed by atoms with Crippen molar-refractivity contribution in [3.63, 3.8) is 0 Å². The molecule has 34 heavy (non-hydrogen) atoms. The first kappa shape index (κ1) is 21.6. The molecule has 4 N–H and O–H groups in total. The largest absolute Gasteiger partial charge is 0.508 e. The van der Waals surface area contributed by atoms with Crippen LogP contribution in [0.15, 0.2) is 51.8 Å². The lowest BCUT2D eigenvalue weighted by atomic mass is 10.0. The Bertz CT molecular complexity index is 1480. The molecule has 2 heterocycles. The lowest BCUT2D eigenvalue weighted by Gasteiger charge is -2.15. The van der Waals surface area contributed by atoms with E-state index in [1.165, 1.54) is 6.07 Å². The Morgan fingerprint density at radius 2 is 1.94 bits per heavy atom. The highest BCUT2D eigenvalue weighted by atomic mass is 16.5. The van der Waals surface area contributed by atoms with Crippen molar-refractivity contribution in [1.82, 2.24) is 10.3 Å². The number of aliphatic carboxylic acids is 1. The summed E-state index contributed by atoms with van der Waals surface area (Å²) in [4.78, 5) is 39.4. The van der Waals surface area contributed by atoms with Crippen LogP contribution in [0.5, 0.6) is 11.5 Å². The molecule has 0 aliphatic heterocycles. The van der Waals surface area contributed by atoms with Crippen LogP contribution < -0.4 is 15.7 Å². The van der Waals surface area contributed by atoms with E-state index in [-0.39, 0.29) is 17.8 Å². The number of carbonyl (C=O) groups excluding carboxylic acids is 1. The number of rotatable bonds is 7. The summed E-state index contributed by atoms with van der Waals surface area (Å²) in [5, 5.41) is 23.3. The molecule has 4 aromatic rings. The van der Waals surface area contributed by atoms with Crippen LogP contribution >= 0.6 is 0 Å². The van der Waals surface area contributed by atoms with Gasteiger partial charge in [-0.25, -0.2) is 9.59 Å². The minimum absolute atomic E-state index is 0.0246. The Kier molecular flexibility index (Phi) is 5.45. The van der Waals surface area contributed by atoms with E-state index in [9.17, 15) is 24.6 Å². The number of benzene rings is 2. The Morgan fingerprint density at radius 3 is 2.76 bits per heavy atom. The van der Waals surface area contributed by atoms with Crippen LogP contribution in [0.3, 0.4) is 0 Å². The minimum Gasteiger partial charge on any atom is -0.508 e. The fraction of sp³-hybridized carbons (Fsp3) is 0.240. The van der Waals surface area contributed by atoms with Crippen LogP contribution in [0, 0.1) is 0 Å². The van der Waals surface area contributed by atoms with Gasteiger partial charge in [0, 0.05) is 40.5 Å². The first-order valence-corrected chi connectivity index (χ1v) is 10.9. The third-order valence-corrected chi connectivity index (χ3v) is 6.12. The van der Waals surface area contributed by atoms with Gasteiger partial charge in [-0.15, -0.1) is 0 Å². The molecule has 0 bridgehead atoms. The average Bonchev–Trinajstić information content (AvgIpc) is 3.45. The Labute approximate surface area is 193 Å². The molecule has 9 heteroatoms. The summed E-state index contributed by atoms with van der Waals surface area (Å²) in [7, 11) is 0. The number of hydrogen-bond donors (Lipinski definition) is 4. The molecule has 174 valence electrons. The van der Waals surface area contributed by atoms with Gasteiger partial charge in [0.05, 0.1) is 0 Å². The molecule has 0 fully saturated rings. The maximum Gasteiger partial charge on any atom is 0.339 e. The number of amides is 1. The predicted octanol–water partition coefficient (Wildman–Crippen LogP) is 2.66. The van der Waals surface area contributed by atoms with Crippen molar-refractivity contribution < 1.29 is 29.0 Å². The van der Waals surface area contributed by atoms with E-state index in [4.69, 9.17) is 9.15 Å². The number of aryl methyl sites for hydroxylation is 1. The lowest BCUT2D eigenvalue weighted by Crippen LogP contribution is -2.44. The average molecular weight is 462 g/mol. The van der Waals surface area contributed by atoms with Crippen LogP contribution in [0.2, 0.25) is 0 Å². The summed E-state index contributed by atoms with van der Waals surface area (Å²) in [5.41, 5.74) is 3.19. The van der Waals surface area contributed by atoms with Crippen molar-refractivity contribution in [2.45, 2.75) is 31.7 Å². The number of phenolic OH excluding ortho intramolecular Hbond substituents is 1. The fourth-order valence-electron chi connectivity index (χ4n) is 4.49. The minimum atomic E-state index is -1.19. The summed E-state index contributed by atoms with van der Waals surface area (Å²) in [6, 6.07) is 8.64. The third kappa shape index (κ3) is 4.07. The van der Waals surface area contributed by atoms with Crippen molar-refractivity contribution in [3.05, 3.63) is 69.7 Å². The molecule has 1 atom stereocenters. The van der Waals surface area contributed by atoms with Gasteiger partial charge >= 0.3 is 11.6 Å². The summed E-state index contributed by atoms with van der Waals surface area (Å²) in [6.07, 6.45) is 4.14. The number of ether oxygens (including phenoxy) is 1. The van der Waals surface area contributed by atoms with Crippen molar-refractivity contribution in [2.75, 3.05) is 6.61 Å². The molecular weight excluding hydrogens is 440 g/mol. The molecule has 5 rings (SSSR count).